The topological polar surface area (TPSA) is 27.8 Å². The van der Waals surface area contributed by atoms with Crippen molar-refractivity contribution >= 4 is 17.0 Å². The Morgan fingerprint density at radius 1 is 1.41 bits per heavy atom. The van der Waals surface area contributed by atoms with Crippen LogP contribution in [0, 0.1) is 0 Å². The second kappa shape index (κ2) is 5.19. The standard InChI is InChI=1S/C15H20N2/c1-4-16-12(3)11(2)9-13-10-17-15-8-6-5-7-14(13)15/h5-10,12,16-17H,4H2,1-3H3/b11-9+. The average molecular weight is 228 g/mol. The lowest BCUT2D eigenvalue weighted by Crippen LogP contribution is -2.26. The smallest absolute Gasteiger partial charge is 0.0460 e. The lowest BCUT2D eigenvalue weighted by atomic mass is 10.1. The number of benzene rings is 1. The Balaban J connectivity index is 2.31. The molecule has 0 saturated heterocycles. The molecule has 0 aliphatic carbocycles. The zero-order chi connectivity index (χ0) is 12.3. The maximum atomic E-state index is 3.43. The first-order valence-corrected chi connectivity index (χ1v) is 6.20. The molecule has 2 rings (SSSR count). The van der Waals surface area contributed by atoms with Crippen molar-refractivity contribution in [3.05, 3.63) is 41.6 Å². The number of likely N-dealkylation sites (N-methyl/N-ethyl adjacent to an activating group) is 1. The molecule has 1 atom stereocenters. The number of nitrogens with one attached hydrogen (secondary N) is 2. The van der Waals surface area contributed by atoms with E-state index in [4.69, 9.17) is 0 Å². The molecule has 2 nitrogen and oxygen atoms in total. The number of hydrogen-bond donors (Lipinski definition) is 2. The van der Waals surface area contributed by atoms with E-state index in [0.717, 1.165) is 6.54 Å². The van der Waals surface area contributed by atoms with Gasteiger partial charge in [0, 0.05) is 23.1 Å². The Kier molecular flexibility index (Phi) is 3.64. The molecule has 90 valence electrons. The van der Waals surface area contributed by atoms with Crippen LogP contribution in [0.15, 0.2) is 36.0 Å². The highest BCUT2D eigenvalue weighted by Gasteiger charge is 2.04. The largest absolute Gasteiger partial charge is 0.361 e. The monoisotopic (exact) mass is 228 g/mol. The molecular weight excluding hydrogens is 208 g/mol. The van der Waals surface area contributed by atoms with Gasteiger partial charge in [0.15, 0.2) is 0 Å². The molecule has 2 N–H and O–H groups in total. The zero-order valence-electron chi connectivity index (χ0n) is 10.7. The van der Waals surface area contributed by atoms with Crippen molar-refractivity contribution < 1.29 is 0 Å². The summed E-state index contributed by atoms with van der Waals surface area (Å²) in [7, 11) is 0. The molecule has 0 bridgehead atoms. The Morgan fingerprint density at radius 2 is 2.18 bits per heavy atom. The highest BCUT2D eigenvalue weighted by Crippen LogP contribution is 2.20. The lowest BCUT2D eigenvalue weighted by molar-refractivity contribution is 0.636. The van der Waals surface area contributed by atoms with Gasteiger partial charge < -0.3 is 10.3 Å². The number of aromatic amines is 1. The molecule has 1 aromatic carbocycles. The van der Waals surface area contributed by atoms with Crippen LogP contribution >= 0.6 is 0 Å². The fraction of sp³-hybridized carbons (Fsp3) is 0.333. The third-order valence-electron chi connectivity index (χ3n) is 3.20. The first-order chi connectivity index (χ1) is 8.22. The summed E-state index contributed by atoms with van der Waals surface area (Å²) in [6, 6.07) is 8.82. The minimum atomic E-state index is 0.425. The van der Waals surface area contributed by atoms with Crippen LogP contribution in [-0.2, 0) is 0 Å². The average Bonchev–Trinajstić information content (AvgIpc) is 2.73. The maximum Gasteiger partial charge on any atom is 0.0460 e. The van der Waals surface area contributed by atoms with E-state index < -0.39 is 0 Å². The van der Waals surface area contributed by atoms with E-state index in [1.807, 2.05) is 0 Å². The Morgan fingerprint density at radius 3 is 2.94 bits per heavy atom. The van der Waals surface area contributed by atoms with Gasteiger partial charge >= 0.3 is 0 Å². The van der Waals surface area contributed by atoms with E-state index in [0.29, 0.717) is 6.04 Å². The molecule has 0 radical (unpaired) electrons. The molecule has 2 heteroatoms. The molecular formula is C15H20N2. The third kappa shape index (κ3) is 2.59. The molecule has 1 aromatic heterocycles. The van der Waals surface area contributed by atoms with Gasteiger partial charge in [-0.3, -0.25) is 0 Å². The predicted molar refractivity (Wildman–Crippen MR) is 75.1 cm³/mol. The van der Waals surface area contributed by atoms with Crippen molar-refractivity contribution in [3.8, 4) is 0 Å². The van der Waals surface area contributed by atoms with E-state index in [1.165, 1.54) is 22.0 Å². The quantitative estimate of drug-likeness (QED) is 0.822. The number of hydrogen-bond acceptors (Lipinski definition) is 1. The molecule has 2 aromatic rings. The maximum absolute atomic E-state index is 3.43. The normalized spacial score (nSPS) is 14.2. The minimum absolute atomic E-state index is 0.425. The van der Waals surface area contributed by atoms with Gasteiger partial charge in [0.25, 0.3) is 0 Å². The molecule has 0 fully saturated rings. The number of para-hydroxylation sites is 1. The fourth-order valence-corrected chi connectivity index (χ4v) is 2.05. The van der Waals surface area contributed by atoms with E-state index in [2.05, 4.69) is 67.6 Å². The van der Waals surface area contributed by atoms with Gasteiger partial charge in [-0.25, -0.2) is 0 Å². The summed E-state index contributed by atoms with van der Waals surface area (Å²) in [5.41, 5.74) is 3.82. The Labute approximate surface area is 103 Å². The first kappa shape index (κ1) is 11.9. The fourth-order valence-electron chi connectivity index (χ4n) is 2.05. The van der Waals surface area contributed by atoms with Crippen molar-refractivity contribution in [2.75, 3.05) is 6.54 Å². The Bertz CT molecular complexity index is 522. The zero-order valence-corrected chi connectivity index (χ0v) is 10.7. The van der Waals surface area contributed by atoms with E-state index in [9.17, 15) is 0 Å². The van der Waals surface area contributed by atoms with Gasteiger partial charge in [0.2, 0.25) is 0 Å². The van der Waals surface area contributed by atoms with Crippen LogP contribution in [0.25, 0.3) is 17.0 Å². The third-order valence-corrected chi connectivity index (χ3v) is 3.20. The van der Waals surface area contributed by atoms with E-state index >= 15 is 0 Å². The molecule has 0 spiro atoms. The number of rotatable bonds is 4. The molecule has 0 amide bonds. The molecule has 0 aliphatic rings. The summed E-state index contributed by atoms with van der Waals surface area (Å²) in [6.07, 6.45) is 4.33. The minimum Gasteiger partial charge on any atom is -0.361 e. The van der Waals surface area contributed by atoms with Crippen LogP contribution in [0.2, 0.25) is 0 Å². The van der Waals surface area contributed by atoms with Crippen LogP contribution in [0.5, 0.6) is 0 Å². The predicted octanol–water partition coefficient (Wildman–Crippen LogP) is 3.57. The summed E-state index contributed by atoms with van der Waals surface area (Å²) in [6.45, 7) is 7.51. The summed E-state index contributed by atoms with van der Waals surface area (Å²) in [5.74, 6) is 0. The summed E-state index contributed by atoms with van der Waals surface area (Å²) in [4.78, 5) is 3.30. The van der Waals surface area contributed by atoms with Crippen LogP contribution in [-0.4, -0.2) is 17.6 Å². The number of fused-ring (bicyclic) bond motifs is 1. The number of aromatic nitrogens is 1. The highest BCUT2D eigenvalue weighted by molar-refractivity contribution is 5.89. The number of H-pyrrole nitrogens is 1. The van der Waals surface area contributed by atoms with Crippen molar-refractivity contribution in [2.24, 2.45) is 0 Å². The van der Waals surface area contributed by atoms with Crippen molar-refractivity contribution in [2.45, 2.75) is 26.8 Å². The lowest BCUT2D eigenvalue weighted by Gasteiger charge is -2.12. The van der Waals surface area contributed by atoms with Crippen molar-refractivity contribution in [1.29, 1.82) is 0 Å². The molecule has 17 heavy (non-hydrogen) atoms. The SMILES string of the molecule is CCNC(C)/C(C)=C/c1c[nH]c2ccccc12. The van der Waals surface area contributed by atoms with Crippen LogP contribution in [0.4, 0.5) is 0 Å². The van der Waals surface area contributed by atoms with Crippen molar-refractivity contribution in [3.63, 3.8) is 0 Å². The second-order valence-corrected chi connectivity index (χ2v) is 4.46. The Hall–Kier alpha value is -1.54. The van der Waals surface area contributed by atoms with Gasteiger partial charge in [-0.15, -0.1) is 0 Å². The summed E-state index contributed by atoms with van der Waals surface area (Å²) in [5, 5.41) is 4.71. The summed E-state index contributed by atoms with van der Waals surface area (Å²) >= 11 is 0. The highest BCUT2D eigenvalue weighted by atomic mass is 14.9. The van der Waals surface area contributed by atoms with Crippen LogP contribution in [0.3, 0.4) is 0 Å². The van der Waals surface area contributed by atoms with Gasteiger partial charge in [-0.1, -0.05) is 36.8 Å². The van der Waals surface area contributed by atoms with Crippen LogP contribution < -0.4 is 5.32 Å². The first-order valence-electron chi connectivity index (χ1n) is 6.20. The van der Waals surface area contributed by atoms with Gasteiger partial charge in [-0.2, -0.15) is 0 Å². The molecule has 1 unspecified atom stereocenters. The van der Waals surface area contributed by atoms with Gasteiger partial charge in [0.1, 0.15) is 0 Å². The second-order valence-electron chi connectivity index (χ2n) is 4.46. The van der Waals surface area contributed by atoms with E-state index in [-0.39, 0.29) is 0 Å². The van der Waals surface area contributed by atoms with Gasteiger partial charge in [-0.05, 0) is 32.0 Å². The van der Waals surface area contributed by atoms with Crippen LogP contribution in [0.1, 0.15) is 26.3 Å². The molecule has 0 saturated carbocycles. The van der Waals surface area contributed by atoms with E-state index in [1.54, 1.807) is 0 Å². The van der Waals surface area contributed by atoms with Gasteiger partial charge in [0.05, 0.1) is 0 Å². The van der Waals surface area contributed by atoms with Crippen molar-refractivity contribution in [1.82, 2.24) is 10.3 Å². The molecule has 0 aliphatic heterocycles. The molecule has 1 heterocycles. The summed E-state index contributed by atoms with van der Waals surface area (Å²) < 4.78 is 0.